The molecule has 0 aliphatic rings. The third-order valence-corrected chi connectivity index (χ3v) is 7.01. The zero-order valence-electron chi connectivity index (χ0n) is 29.1. The van der Waals surface area contributed by atoms with Crippen molar-refractivity contribution in [3.63, 3.8) is 0 Å². The van der Waals surface area contributed by atoms with Gasteiger partial charge in [-0.25, -0.2) is 0 Å². The Morgan fingerprint density at radius 2 is 1.11 bits per heavy atom. The van der Waals surface area contributed by atoms with Crippen LogP contribution in [0.4, 0.5) is 0 Å². The number of rotatable bonds is 3. The summed E-state index contributed by atoms with van der Waals surface area (Å²) >= 11 is 0. The molecule has 38 heavy (non-hydrogen) atoms. The molecule has 0 amide bonds. The summed E-state index contributed by atoms with van der Waals surface area (Å²) in [6, 6.07) is 24.8. The minimum absolute atomic E-state index is 0.0493. The molecule has 0 spiro atoms. The van der Waals surface area contributed by atoms with Gasteiger partial charge in [0.1, 0.15) is 0 Å². The highest BCUT2D eigenvalue weighted by Gasteiger charge is 2.17. The lowest BCUT2D eigenvalue weighted by Gasteiger charge is -2.14. The molecule has 8 rings (SSSR count). The zero-order valence-corrected chi connectivity index (χ0v) is 20.1. The third kappa shape index (κ3) is 3.01. The topological polar surface area (TPSA) is 9.86 Å². The highest BCUT2D eigenvalue weighted by Crippen LogP contribution is 2.38. The van der Waals surface area contributed by atoms with Gasteiger partial charge >= 0.3 is 0 Å². The number of benzene rings is 6. The Kier molecular flexibility index (Phi) is 3.03. The van der Waals surface area contributed by atoms with Crippen molar-refractivity contribution < 1.29 is 12.3 Å². The largest absolute Gasteiger partial charge is 0.309 e. The monoisotopic (exact) mass is 493 g/mol. The molecule has 0 fully saturated rings. The maximum absolute atomic E-state index is 9.69. The standard InChI is InChI=1S/C36H24N2/c1-2-12-25(13-3-1)27-14-4-8-18-32(27)38-35-21-11-7-17-30(35)31-24-26(22-23-36(31)38)37-33-19-9-5-15-28(33)29-16-6-10-20-34(29)37/h1-24H/i7D,11D,12D,13D,17D,21D,22D,23D,24D. The number of nitrogens with zero attached hydrogens (tertiary/aromatic N) is 2. The minimum atomic E-state index is -0.474. The van der Waals surface area contributed by atoms with E-state index in [4.69, 9.17) is 8.22 Å². The highest BCUT2D eigenvalue weighted by molar-refractivity contribution is 6.12. The van der Waals surface area contributed by atoms with E-state index in [9.17, 15) is 4.11 Å². The van der Waals surface area contributed by atoms with Crippen LogP contribution >= 0.6 is 0 Å². The fourth-order valence-corrected chi connectivity index (χ4v) is 5.41. The Labute approximate surface area is 233 Å². The first-order valence-corrected chi connectivity index (χ1v) is 12.3. The molecule has 0 aliphatic heterocycles. The van der Waals surface area contributed by atoms with Gasteiger partial charge in [0.05, 0.1) is 40.1 Å². The Morgan fingerprint density at radius 3 is 1.89 bits per heavy atom. The molecule has 0 N–H and O–H groups in total. The maximum Gasteiger partial charge on any atom is 0.0652 e. The van der Waals surface area contributed by atoms with Crippen molar-refractivity contribution in [2.45, 2.75) is 0 Å². The normalized spacial score (nSPS) is 15.0. The van der Waals surface area contributed by atoms with Crippen molar-refractivity contribution in [2.75, 3.05) is 0 Å². The second kappa shape index (κ2) is 8.22. The van der Waals surface area contributed by atoms with Crippen molar-refractivity contribution in [1.29, 1.82) is 0 Å². The van der Waals surface area contributed by atoms with Crippen molar-refractivity contribution in [2.24, 2.45) is 0 Å². The molecule has 0 bridgehead atoms. The SMILES string of the molecule is [2H]c1cccc([2H])c1-c1ccccc1-n1c2c([2H])c([2H])c([2H])c([2H])c2c2c([2H])c(-n3c4ccccc4c4ccccc43)c([2H])c([2H])c21. The van der Waals surface area contributed by atoms with Gasteiger partial charge in [-0.3, -0.25) is 0 Å². The molecular weight excluding hydrogens is 460 g/mol. The smallest absolute Gasteiger partial charge is 0.0652 e. The molecule has 178 valence electrons. The summed E-state index contributed by atoms with van der Waals surface area (Å²) < 4.78 is 84.3. The van der Waals surface area contributed by atoms with Crippen LogP contribution in [0.5, 0.6) is 0 Å². The first-order valence-electron chi connectivity index (χ1n) is 16.8. The summed E-state index contributed by atoms with van der Waals surface area (Å²) in [5, 5.41) is 2.00. The number of aromatic nitrogens is 2. The Bertz CT molecular complexity index is 2560. The van der Waals surface area contributed by atoms with E-state index in [-0.39, 0.29) is 69.8 Å². The zero-order chi connectivity index (χ0) is 32.9. The molecule has 0 saturated carbocycles. The van der Waals surface area contributed by atoms with E-state index in [2.05, 4.69) is 0 Å². The predicted molar refractivity (Wildman–Crippen MR) is 161 cm³/mol. The fraction of sp³-hybridized carbons (Fsp3) is 0. The molecule has 0 radical (unpaired) electrons. The summed E-state index contributed by atoms with van der Waals surface area (Å²) in [4.78, 5) is 0. The highest BCUT2D eigenvalue weighted by atomic mass is 15.0. The van der Waals surface area contributed by atoms with Crippen LogP contribution in [0.1, 0.15) is 12.3 Å². The molecule has 2 heteroatoms. The first-order chi connectivity index (χ1) is 22.6. The summed E-state index contributed by atoms with van der Waals surface area (Å²) in [6.07, 6.45) is 0. The maximum atomic E-state index is 9.69. The van der Waals surface area contributed by atoms with Crippen molar-refractivity contribution in [1.82, 2.24) is 9.13 Å². The lowest BCUT2D eigenvalue weighted by molar-refractivity contribution is 1.17. The van der Waals surface area contributed by atoms with Gasteiger partial charge < -0.3 is 9.13 Å². The van der Waals surface area contributed by atoms with Gasteiger partial charge in [0.15, 0.2) is 0 Å². The molecule has 0 atom stereocenters. The van der Waals surface area contributed by atoms with Gasteiger partial charge in [-0.1, -0.05) is 103 Å². The van der Waals surface area contributed by atoms with E-state index in [1.807, 2.05) is 48.5 Å². The van der Waals surface area contributed by atoms with E-state index < -0.39 is 12.1 Å². The second-order valence-electron chi connectivity index (χ2n) is 9.08. The van der Waals surface area contributed by atoms with Crippen molar-refractivity contribution >= 4 is 43.6 Å². The van der Waals surface area contributed by atoms with Gasteiger partial charge in [0.2, 0.25) is 0 Å². The lowest BCUT2D eigenvalue weighted by atomic mass is 10.0. The van der Waals surface area contributed by atoms with Gasteiger partial charge in [-0.15, -0.1) is 0 Å². The van der Waals surface area contributed by atoms with Crippen LogP contribution in [0.2, 0.25) is 0 Å². The lowest BCUT2D eigenvalue weighted by Crippen LogP contribution is -1.97. The number of para-hydroxylation sites is 4. The third-order valence-electron chi connectivity index (χ3n) is 7.01. The van der Waals surface area contributed by atoms with Gasteiger partial charge in [-0.05, 0) is 47.9 Å². The summed E-state index contributed by atoms with van der Waals surface area (Å²) in [7, 11) is 0. The quantitative estimate of drug-likeness (QED) is 0.232. The first kappa shape index (κ1) is 14.0. The fourth-order valence-electron chi connectivity index (χ4n) is 5.41. The molecular formula is C36H24N2. The molecule has 0 aliphatic carbocycles. The van der Waals surface area contributed by atoms with Gasteiger partial charge in [0, 0.05) is 32.8 Å². The summed E-state index contributed by atoms with van der Waals surface area (Å²) in [5.74, 6) is 0. The van der Waals surface area contributed by atoms with E-state index >= 15 is 0 Å². The average Bonchev–Trinajstić information content (AvgIpc) is 3.60. The van der Waals surface area contributed by atoms with E-state index in [1.54, 1.807) is 47.0 Å². The van der Waals surface area contributed by atoms with Crippen molar-refractivity contribution in [3.8, 4) is 22.5 Å². The molecule has 8 aromatic rings. The van der Waals surface area contributed by atoms with Crippen LogP contribution in [0.15, 0.2) is 145 Å². The Morgan fingerprint density at radius 1 is 0.447 bits per heavy atom. The number of fused-ring (bicyclic) bond motifs is 6. The molecule has 2 aromatic heterocycles. The van der Waals surface area contributed by atoms with E-state index in [1.165, 1.54) is 4.57 Å². The van der Waals surface area contributed by atoms with E-state index in [0.717, 1.165) is 21.8 Å². The van der Waals surface area contributed by atoms with Crippen LogP contribution in [-0.2, 0) is 0 Å². The van der Waals surface area contributed by atoms with Crippen LogP contribution in [-0.4, -0.2) is 9.13 Å². The van der Waals surface area contributed by atoms with Crippen LogP contribution in [0.25, 0.3) is 66.1 Å². The summed E-state index contributed by atoms with van der Waals surface area (Å²) in [6.45, 7) is 0. The molecule has 2 heterocycles. The van der Waals surface area contributed by atoms with E-state index in [0.29, 0.717) is 16.8 Å². The van der Waals surface area contributed by atoms with Crippen LogP contribution in [0.3, 0.4) is 0 Å². The Balaban J connectivity index is 1.62. The molecule has 0 saturated heterocycles. The van der Waals surface area contributed by atoms with Crippen LogP contribution in [0, 0.1) is 0 Å². The predicted octanol–water partition coefficient (Wildman–Crippen LogP) is 9.55. The van der Waals surface area contributed by atoms with Crippen molar-refractivity contribution in [3.05, 3.63) is 145 Å². The van der Waals surface area contributed by atoms with Gasteiger partial charge in [0.25, 0.3) is 0 Å². The molecule has 2 nitrogen and oxygen atoms in total. The number of hydrogen-bond donors (Lipinski definition) is 0. The van der Waals surface area contributed by atoms with Crippen LogP contribution < -0.4 is 0 Å². The molecule has 6 aromatic carbocycles. The average molecular weight is 494 g/mol. The van der Waals surface area contributed by atoms with Gasteiger partial charge in [-0.2, -0.15) is 0 Å². The Hall–Kier alpha value is -5.08. The number of hydrogen-bond acceptors (Lipinski definition) is 0. The second-order valence-corrected chi connectivity index (χ2v) is 9.08. The minimum Gasteiger partial charge on any atom is -0.309 e. The summed E-state index contributed by atoms with van der Waals surface area (Å²) in [5.41, 5.74) is 2.84. The molecule has 0 unspecified atom stereocenters.